The lowest BCUT2D eigenvalue weighted by Crippen LogP contribution is -2.40. The van der Waals surface area contributed by atoms with Crippen molar-refractivity contribution in [2.45, 2.75) is 50.8 Å². The fourth-order valence-electron chi connectivity index (χ4n) is 2.40. The molecule has 0 amide bonds. The standard InChI is InChI=1S/C12H20N4O3/c17-11-5-3-1-2-4-9(11)13-6-7-16-8-10(12(18)19)14-15-16/h8-9,11,13,17H,1-7H2,(H,18,19). The predicted octanol–water partition coefficient (Wildman–Crippen LogP) is 0.259. The molecule has 0 aliphatic heterocycles. The van der Waals surface area contributed by atoms with Crippen molar-refractivity contribution >= 4 is 5.97 Å². The SMILES string of the molecule is O=C(O)c1cn(CCNC2CCCCCC2O)nn1. The second-order valence-corrected chi connectivity index (χ2v) is 4.94. The summed E-state index contributed by atoms with van der Waals surface area (Å²) in [4.78, 5) is 10.7. The Morgan fingerprint density at radius 3 is 2.95 bits per heavy atom. The quantitative estimate of drug-likeness (QED) is 0.662. The minimum absolute atomic E-state index is 0.0468. The second kappa shape index (κ2) is 6.63. The second-order valence-electron chi connectivity index (χ2n) is 4.94. The Morgan fingerprint density at radius 1 is 1.42 bits per heavy atom. The lowest BCUT2D eigenvalue weighted by atomic mass is 10.1. The van der Waals surface area contributed by atoms with Crippen LogP contribution in [0.15, 0.2) is 6.20 Å². The Bertz CT molecular complexity index is 421. The number of carboxylic acids is 1. The molecule has 0 bridgehead atoms. The molecule has 0 saturated heterocycles. The van der Waals surface area contributed by atoms with E-state index in [9.17, 15) is 9.90 Å². The molecule has 0 spiro atoms. The van der Waals surface area contributed by atoms with Crippen molar-refractivity contribution < 1.29 is 15.0 Å². The van der Waals surface area contributed by atoms with Crippen molar-refractivity contribution in [2.75, 3.05) is 6.54 Å². The van der Waals surface area contributed by atoms with E-state index in [4.69, 9.17) is 5.11 Å². The van der Waals surface area contributed by atoms with Crippen molar-refractivity contribution in [3.05, 3.63) is 11.9 Å². The summed E-state index contributed by atoms with van der Waals surface area (Å²) in [5.41, 5.74) is -0.0468. The van der Waals surface area contributed by atoms with Crippen LogP contribution in [0.25, 0.3) is 0 Å². The van der Waals surface area contributed by atoms with E-state index in [0.717, 1.165) is 25.7 Å². The molecule has 7 heteroatoms. The molecule has 2 atom stereocenters. The highest BCUT2D eigenvalue weighted by atomic mass is 16.4. The zero-order valence-electron chi connectivity index (χ0n) is 10.8. The number of aromatic carboxylic acids is 1. The van der Waals surface area contributed by atoms with E-state index in [1.807, 2.05) is 0 Å². The van der Waals surface area contributed by atoms with E-state index in [1.54, 1.807) is 0 Å². The summed E-state index contributed by atoms with van der Waals surface area (Å²) in [5.74, 6) is -1.07. The lowest BCUT2D eigenvalue weighted by Gasteiger charge is -2.21. The third-order valence-electron chi connectivity index (χ3n) is 3.48. The molecule has 1 aromatic heterocycles. The van der Waals surface area contributed by atoms with Crippen LogP contribution in [-0.4, -0.2) is 49.9 Å². The van der Waals surface area contributed by atoms with Crippen LogP contribution in [0.3, 0.4) is 0 Å². The maximum absolute atomic E-state index is 10.7. The van der Waals surface area contributed by atoms with Crippen molar-refractivity contribution in [1.29, 1.82) is 0 Å². The third kappa shape index (κ3) is 4.00. The topological polar surface area (TPSA) is 100 Å². The van der Waals surface area contributed by atoms with Crippen molar-refractivity contribution in [1.82, 2.24) is 20.3 Å². The van der Waals surface area contributed by atoms with E-state index >= 15 is 0 Å². The molecule has 2 rings (SSSR count). The highest BCUT2D eigenvalue weighted by molar-refractivity contribution is 5.84. The Kier molecular flexibility index (Phi) is 4.86. The van der Waals surface area contributed by atoms with Gasteiger partial charge in [-0.15, -0.1) is 5.10 Å². The van der Waals surface area contributed by atoms with Gasteiger partial charge in [0.2, 0.25) is 0 Å². The first kappa shape index (κ1) is 14.0. The average molecular weight is 268 g/mol. The van der Waals surface area contributed by atoms with Crippen LogP contribution in [0.4, 0.5) is 0 Å². The maximum atomic E-state index is 10.7. The summed E-state index contributed by atoms with van der Waals surface area (Å²) in [5, 5.41) is 29.3. The van der Waals surface area contributed by atoms with Crippen LogP contribution in [0.2, 0.25) is 0 Å². The van der Waals surface area contributed by atoms with E-state index in [0.29, 0.717) is 13.1 Å². The number of aliphatic hydroxyl groups is 1. The Balaban J connectivity index is 1.77. The molecule has 2 unspecified atom stereocenters. The van der Waals surface area contributed by atoms with Gasteiger partial charge in [-0.2, -0.15) is 0 Å². The van der Waals surface area contributed by atoms with Gasteiger partial charge in [-0.1, -0.05) is 24.5 Å². The molecular weight excluding hydrogens is 248 g/mol. The van der Waals surface area contributed by atoms with E-state index in [-0.39, 0.29) is 17.8 Å². The molecule has 0 aromatic carbocycles. The van der Waals surface area contributed by atoms with Gasteiger partial charge in [-0.25, -0.2) is 4.79 Å². The number of aromatic nitrogens is 3. The van der Waals surface area contributed by atoms with Gasteiger partial charge >= 0.3 is 5.97 Å². The first-order valence-corrected chi connectivity index (χ1v) is 6.71. The molecule has 1 heterocycles. The fourth-order valence-corrected chi connectivity index (χ4v) is 2.40. The molecule has 106 valence electrons. The molecule has 3 N–H and O–H groups in total. The van der Waals surface area contributed by atoms with Gasteiger partial charge < -0.3 is 15.5 Å². The number of aliphatic hydroxyl groups excluding tert-OH is 1. The number of hydrogen-bond acceptors (Lipinski definition) is 5. The lowest BCUT2D eigenvalue weighted by molar-refractivity contribution is 0.0690. The van der Waals surface area contributed by atoms with Crippen LogP contribution in [0.5, 0.6) is 0 Å². The molecule has 0 radical (unpaired) electrons. The molecule has 1 fully saturated rings. The van der Waals surface area contributed by atoms with Gasteiger partial charge in [0.1, 0.15) is 0 Å². The van der Waals surface area contributed by atoms with Gasteiger partial charge in [0.25, 0.3) is 0 Å². The van der Waals surface area contributed by atoms with Crippen molar-refractivity contribution in [2.24, 2.45) is 0 Å². The van der Waals surface area contributed by atoms with Crippen LogP contribution >= 0.6 is 0 Å². The number of nitrogens with zero attached hydrogens (tertiary/aromatic N) is 3. The first-order valence-electron chi connectivity index (χ1n) is 6.71. The minimum atomic E-state index is -1.07. The van der Waals surface area contributed by atoms with E-state index in [2.05, 4.69) is 15.6 Å². The number of carboxylic acid groups (broad SMARTS) is 1. The minimum Gasteiger partial charge on any atom is -0.476 e. The van der Waals surface area contributed by atoms with Crippen molar-refractivity contribution in [3.8, 4) is 0 Å². The number of nitrogens with one attached hydrogen (secondary N) is 1. The molecular formula is C12H20N4O3. The van der Waals surface area contributed by atoms with E-state index in [1.165, 1.54) is 17.3 Å². The van der Waals surface area contributed by atoms with Gasteiger partial charge in [0.05, 0.1) is 18.8 Å². The molecule has 1 aliphatic rings. The Labute approximate surface area is 111 Å². The zero-order chi connectivity index (χ0) is 13.7. The van der Waals surface area contributed by atoms with Gasteiger partial charge in [-0.3, -0.25) is 4.68 Å². The van der Waals surface area contributed by atoms with E-state index < -0.39 is 5.97 Å². The summed E-state index contributed by atoms with van der Waals surface area (Å²) in [6.45, 7) is 1.19. The zero-order valence-corrected chi connectivity index (χ0v) is 10.8. The molecule has 1 aromatic rings. The molecule has 19 heavy (non-hydrogen) atoms. The highest BCUT2D eigenvalue weighted by Gasteiger charge is 2.20. The van der Waals surface area contributed by atoms with Crippen LogP contribution in [-0.2, 0) is 6.54 Å². The number of carbonyl (C=O) groups is 1. The molecule has 1 saturated carbocycles. The normalized spacial score (nSPS) is 24.1. The van der Waals surface area contributed by atoms with Crippen LogP contribution in [0.1, 0.15) is 42.6 Å². The Morgan fingerprint density at radius 2 is 2.21 bits per heavy atom. The Hall–Kier alpha value is -1.47. The summed E-state index contributed by atoms with van der Waals surface area (Å²) in [6.07, 6.45) is 6.37. The average Bonchev–Trinajstić information content (AvgIpc) is 2.76. The maximum Gasteiger partial charge on any atom is 0.358 e. The molecule has 7 nitrogen and oxygen atoms in total. The van der Waals surface area contributed by atoms with Crippen molar-refractivity contribution in [3.63, 3.8) is 0 Å². The molecule has 1 aliphatic carbocycles. The summed E-state index contributed by atoms with van der Waals surface area (Å²) < 4.78 is 1.50. The van der Waals surface area contributed by atoms with Gasteiger partial charge in [0, 0.05) is 12.6 Å². The van der Waals surface area contributed by atoms with Crippen LogP contribution in [0, 0.1) is 0 Å². The third-order valence-corrected chi connectivity index (χ3v) is 3.48. The monoisotopic (exact) mass is 268 g/mol. The number of hydrogen-bond donors (Lipinski definition) is 3. The predicted molar refractivity (Wildman–Crippen MR) is 67.9 cm³/mol. The first-order chi connectivity index (χ1) is 9.16. The smallest absolute Gasteiger partial charge is 0.358 e. The van der Waals surface area contributed by atoms with Gasteiger partial charge in [-0.05, 0) is 12.8 Å². The largest absolute Gasteiger partial charge is 0.476 e. The van der Waals surface area contributed by atoms with Crippen LogP contribution < -0.4 is 5.32 Å². The highest BCUT2D eigenvalue weighted by Crippen LogP contribution is 2.17. The summed E-state index contributed by atoms with van der Waals surface area (Å²) >= 11 is 0. The summed E-state index contributed by atoms with van der Waals surface area (Å²) in [7, 11) is 0. The number of rotatable bonds is 5. The fraction of sp³-hybridized carbons (Fsp3) is 0.750. The van der Waals surface area contributed by atoms with Gasteiger partial charge in [0.15, 0.2) is 5.69 Å². The summed E-state index contributed by atoms with van der Waals surface area (Å²) in [6, 6.07) is 0.130.